The third-order valence-electron chi connectivity index (χ3n) is 2.42. The van der Waals surface area contributed by atoms with Gasteiger partial charge in [-0.05, 0) is 25.5 Å². The van der Waals surface area contributed by atoms with Gasteiger partial charge in [0.05, 0.1) is 11.5 Å². The lowest BCUT2D eigenvalue weighted by Crippen LogP contribution is -2.26. The fourth-order valence-corrected chi connectivity index (χ4v) is 1.61. The minimum Gasteiger partial charge on any atom is -0.395 e. The summed E-state index contributed by atoms with van der Waals surface area (Å²) in [4.78, 5) is 12.3. The van der Waals surface area contributed by atoms with Crippen molar-refractivity contribution in [3.05, 3.63) is 33.9 Å². The van der Waals surface area contributed by atoms with Crippen molar-refractivity contribution >= 4 is 11.4 Å². The quantitative estimate of drug-likeness (QED) is 0.611. The Morgan fingerprint density at radius 2 is 2.19 bits per heavy atom. The maximum Gasteiger partial charge on any atom is 0.292 e. The van der Waals surface area contributed by atoms with Gasteiger partial charge in [-0.1, -0.05) is 6.07 Å². The molecule has 1 aromatic carbocycles. The molecule has 16 heavy (non-hydrogen) atoms. The zero-order valence-electron chi connectivity index (χ0n) is 9.51. The first kappa shape index (κ1) is 12.4. The van der Waals surface area contributed by atoms with Crippen LogP contribution in [-0.4, -0.2) is 29.7 Å². The number of nitrogens with zero attached hydrogens (tertiary/aromatic N) is 2. The van der Waals surface area contributed by atoms with E-state index in [2.05, 4.69) is 0 Å². The number of nitro benzene ring substituents is 1. The number of nitro groups is 1. The standard InChI is InChI=1S/C11H16N2O3/c1-3-12(6-7-14)11-8-9(2)4-5-10(11)13(15)16/h4-5,8,14H,3,6-7H2,1-2H3. The lowest BCUT2D eigenvalue weighted by Gasteiger charge is -2.21. The molecule has 88 valence electrons. The Morgan fingerprint density at radius 1 is 1.50 bits per heavy atom. The van der Waals surface area contributed by atoms with Crippen LogP contribution in [0.2, 0.25) is 0 Å². The van der Waals surface area contributed by atoms with Gasteiger partial charge in [-0.15, -0.1) is 0 Å². The molecule has 0 radical (unpaired) electrons. The van der Waals surface area contributed by atoms with E-state index in [0.717, 1.165) is 5.56 Å². The van der Waals surface area contributed by atoms with Crippen molar-refractivity contribution in [2.75, 3.05) is 24.6 Å². The third-order valence-corrected chi connectivity index (χ3v) is 2.42. The Kier molecular flexibility index (Phi) is 4.25. The summed E-state index contributed by atoms with van der Waals surface area (Å²) in [6.45, 7) is 4.81. The van der Waals surface area contributed by atoms with E-state index in [4.69, 9.17) is 5.11 Å². The number of hydrogen-bond acceptors (Lipinski definition) is 4. The predicted octanol–water partition coefficient (Wildman–Crippen LogP) is 1.72. The number of anilines is 1. The van der Waals surface area contributed by atoms with Crippen LogP contribution in [0.1, 0.15) is 12.5 Å². The van der Waals surface area contributed by atoms with E-state index >= 15 is 0 Å². The average Bonchev–Trinajstić information content (AvgIpc) is 2.25. The number of aryl methyl sites for hydroxylation is 1. The molecule has 0 amide bonds. The van der Waals surface area contributed by atoms with Crippen LogP contribution < -0.4 is 4.90 Å². The Balaban J connectivity index is 3.16. The number of aliphatic hydroxyl groups excluding tert-OH is 1. The maximum atomic E-state index is 10.9. The maximum absolute atomic E-state index is 10.9. The molecule has 0 aromatic heterocycles. The fourth-order valence-electron chi connectivity index (χ4n) is 1.61. The van der Waals surface area contributed by atoms with Crippen LogP contribution in [0.5, 0.6) is 0 Å². The van der Waals surface area contributed by atoms with Crippen molar-refractivity contribution < 1.29 is 10.0 Å². The first-order chi connectivity index (χ1) is 7.60. The molecule has 5 nitrogen and oxygen atoms in total. The van der Waals surface area contributed by atoms with Crippen LogP contribution in [0.25, 0.3) is 0 Å². The molecule has 0 aliphatic rings. The van der Waals surface area contributed by atoms with Gasteiger partial charge in [0.25, 0.3) is 5.69 Å². The molecule has 0 unspecified atom stereocenters. The van der Waals surface area contributed by atoms with E-state index in [-0.39, 0.29) is 12.3 Å². The molecule has 0 bridgehead atoms. The molecule has 0 spiro atoms. The molecular formula is C11H16N2O3. The summed E-state index contributed by atoms with van der Waals surface area (Å²) in [5.41, 5.74) is 1.62. The van der Waals surface area contributed by atoms with Gasteiger partial charge >= 0.3 is 0 Å². The van der Waals surface area contributed by atoms with Crippen LogP contribution in [0, 0.1) is 17.0 Å². The van der Waals surface area contributed by atoms with Crippen LogP contribution in [0.15, 0.2) is 18.2 Å². The molecule has 0 aliphatic carbocycles. The number of rotatable bonds is 5. The average molecular weight is 224 g/mol. The zero-order valence-corrected chi connectivity index (χ0v) is 9.51. The van der Waals surface area contributed by atoms with Crippen LogP contribution in [-0.2, 0) is 0 Å². The van der Waals surface area contributed by atoms with Gasteiger partial charge in [0, 0.05) is 19.2 Å². The summed E-state index contributed by atoms with van der Waals surface area (Å²) in [6.07, 6.45) is 0. The number of hydrogen-bond donors (Lipinski definition) is 1. The van der Waals surface area contributed by atoms with Crippen molar-refractivity contribution in [3.8, 4) is 0 Å². The second-order valence-electron chi connectivity index (χ2n) is 3.55. The highest BCUT2D eigenvalue weighted by Gasteiger charge is 2.17. The van der Waals surface area contributed by atoms with Gasteiger partial charge in [-0.3, -0.25) is 10.1 Å². The molecule has 1 N–H and O–H groups in total. The predicted molar refractivity (Wildman–Crippen MR) is 62.8 cm³/mol. The SMILES string of the molecule is CCN(CCO)c1cc(C)ccc1[N+](=O)[O-]. The summed E-state index contributed by atoms with van der Waals surface area (Å²) in [5.74, 6) is 0. The van der Waals surface area contributed by atoms with Crippen molar-refractivity contribution in [2.24, 2.45) is 0 Å². The van der Waals surface area contributed by atoms with Crippen LogP contribution in [0.4, 0.5) is 11.4 Å². The Bertz CT molecular complexity index is 379. The molecule has 0 saturated heterocycles. The number of likely N-dealkylation sites (N-methyl/N-ethyl adjacent to an activating group) is 1. The van der Waals surface area contributed by atoms with Crippen molar-refractivity contribution in [1.29, 1.82) is 0 Å². The summed E-state index contributed by atoms with van der Waals surface area (Å²) >= 11 is 0. The van der Waals surface area contributed by atoms with E-state index in [0.29, 0.717) is 18.8 Å². The first-order valence-electron chi connectivity index (χ1n) is 5.21. The largest absolute Gasteiger partial charge is 0.395 e. The lowest BCUT2D eigenvalue weighted by atomic mass is 10.1. The second-order valence-corrected chi connectivity index (χ2v) is 3.55. The van der Waals surface area contributed by atoms with Gasteiger partial charge in [-0.25, -0.2) is 0 Å². The summed E-state index contributed by atoms with van der Waals surface area (Å²) < 4.78 is 0. The number of aliphatic hydroxyl groups is 1. The van der Waals surface area contributed by atoms with E-state index < -0.39 is 4.92 Å². The Morgan fingerprint density at radius 3 is 2.69 bits per heavy atom. The lowest BCUT2D eigenvalue weighted by molar-refractivity contribution is -0.384. The molecule has 1 aromatic rings. The molecule has 0 saturated carbocycles. The molecule has 5 heteroatoms. The van der Waals surface area contributed by atoms with Gasteiger partial charge in [0.2, 0.25) is 0 Å². The molecular weight excluding hydrogens is 208 g/mol. The summed E-state index contributed by atoms with van der Waals surface area (Å²) in [7, 11) is 0. The van der Waals surface area contributed by atoms with Crippen molar-refractivity contribution in [1.82, 2.24) is 0 Å². The highest BCUT2D eigenvalue weighted by molar-refractivity contribution is 5.64. The van der Waals surface area contributed by atoms with E-state index in [9.17, 15) is 10.1 Å². The third kappa shape index (κ3) is 2.70. The summed E-state index contributed by atoms with van der Waals surface area (Å²) in [5, 5.41) is 19.8. The van der Waals surface area contributed by atoms with Gasteiger partial charge in [0.1, 0.15) is 5.69 Å². The Hall–Kier alpha value is -1.62. The smallest absolute Gasteiger partial charge is 0.292 e. The zero-order chi connectivity index (χ0) is 12.1. The molecule has 0 aliphatic heterocycles. The van der Waals surface area contributed by atoms with Crippen LogP contribution >= 0.6 is 0 Å². The highest BCUT2D eigenvalue weighted by atomic mass is 16.6. The molecule has 0 heterocycles. The molecule has 0 fully saturated rings. The monoisotopic (exact) mass is 224 g/mol. The molecule has 0 atom stereocenters. The fraction of sp³-hybridized carbons (Fsp3) is 0.455. The minimum atomic E-state index is -0.394. The van der Waals surface area contributed by atoms with E-state index in [1.165, 1.54) is 6.07 Å². The van der Waals surface area contributed by atoms with Crippen LogP contribution in [0.3, 0.4) is 0 Å². The normalized spacial score (nSPS) is 10.2. The van der Waals surface area contributed by atoms with Gasteiger partial charge in [-0.2, -0.15) is 0 Å². The van der Waals surface area contributed by atoms with Gasteiger partial charge < -0.3 is 10.0 Å². The second kappa shape index (κ2) is 5.46. The molecule has 1 rings (SSSR count). The topological polar surface area (TPSA) is 66.6 Å². The highest BCUT2D eigenvalue weighted by Crippen LogP contribution is 2.28. The van der Waals surface area contributed by atoms with Crippen molar-refractivity contribution in [3.63, 3.8) is 0 Å². The Labute approximate surface area is 94.5 Å². The summed E-state index contributed by atoms with van der Waals surface area (Å²) in [6, 6.07) is 5.00. The minimum absolute atomic E-state index is 0.0149. The number of benzene rings is 1. The van der Waals surface area contributed by atoms with Crippen molar-refractivity contribution in [2.45, 2.75) is 13.8 Å². The van der Waals surface area contributed by atoms with E-state index in [1.807, 2.05) is 13.8 Å². The first-order valence-corrected chi connectivity index (χ1v) is 5.21. The van der Waals surface area contributed by atoms with Gasteiger partial charge in [0.15, 0.2) is 0 Å². The van der Waals surface area contributed by atoms with E-state index in [1.54, 1.807) is 17.0 Å².